The molecule has 0 unspecified atom stereocenters. The summed E-state index contributed by atoms with van der Waals surface area (Å²) < 4.78 is 0. The van der Waals surface area contributed by atoms with Gasteiger partial charge in [-0.1, -0.05) is 29.8 Å². The number of carbonyl (C=O) groups excluding carboxylic acids is 1. The lowest BCUT2D eigenvalue weighted by Crippen LogP contribution is -2.12. The van der Waals surface area contributed by atoms with E-state index >= 15 is 0 Å². The van der Waals surface area contributed by atoms with Crippen molar-refractivity contribution >= 4 is 34.1 Å². The second-order valence-corrected chi connectivity index (χ2v) is 4.54. The fraction of sp³-hybridized carbons (Fsp3) is 0. The van der Waals surface area contributed by atoms with Crippen LogP contribution in [0.2, 0.25) is 5.02 Å². The molecule has 1 aromatic carbocycles. The van der Waals surface area contributed by atoms with Crippen LogP contribution in [0, 0.1) is 0 Å². The Hall–Kier alpha value is -2.33. The molecule has 3 rings (SSSR count). The van der Waals surface area contributed by atoms with Gasteiger partial charge in [0.2, 0.25) is 0 Å². The molecule has 2 N–H and O–H groups in total. The molecule has 0 fully saturated rings. The van der Waals surface area contributed by atoms with Gasteiger partial charge in [-0.25, -0.2) is 0 Å². The maximum absolute atomic E-state index is 11.9. The average Bonchev–Trinajstić information content (AvgIpc) is 2.85. The number of nitrogens with zero attached hydrogens (tertiary/aromatic N) is 1. The van der Waals surface area contributed by atoms with E-state index in [1.807, 2.05) is 30.3 Å². The molecule has 3 aromatic rings. The van der Waals surface area contributed by atoms with Gasteiger partial charge in [-0.05, 0) is 18.2 Å². The molecular formula is C14H10ClN3O. The minimum Gasteiger partial charge on any atom is -0.356 e. The fourth-order valence-corrected chi connectivity index (χ4v) is 2.00. The van der Waals surface area contributed by atoms with Crippen LogP contribution in [-0.4, -0.2) is 15.9 Å². The second-order valence-electron chi connectivity index (χ2n) is 4.10. The van der Waals surface area contributed by atoms with Crippen molar-refractivity contribution in [1.82, 2.24) is 9.97 Å². The number of rotatable bonds is 2. The number of nitrogens with one attached hydrogen (secondary N) is 2. The Bertz CT molecular complexity index is 751. The molecule has 4 nitrogen and oxygen atoms in total. The van der Waals surface area contributed by atoms with Crippen LogP contribution in [-0.2, 0) is 0 Å². The van der Waals surface area contributed by atoms with Crippen LogP contribution in [0.5, 0.6) is 0 Å². The molecule has 19 heavy (non-hydrogen) atoms. The van der Waals surface area contributed by atoms with Crippen molar-refractivity contribution in [1.29, 1.82) is 0 Å². The topological polar surface area (TPSA) is 57.8 Å². The third-order valence-electron chi connectivity index (χ3n) is 2.74. The number of hydrogen-bond acceptors (Lipinski definition) is 2. The predicted octanol–water partition coefficient (Wildman–Crippen LogP) is 3.47. The van der Waals surface area contributed by atoms with Crippen LogP contribution in [0.3, 0.4) is 0 Å². The Morgan fingerprint density at radius 2 is 2.11 bits per heavy atom. The van der Waals surface area contributed by atoms with E-state index in [9.17, 15) is 4.79 Å². The first kappa shape index (κ1) is 11.7. The van der Waals surface area contributed by atoms with E-state index in [2.05, 4.69) is 15.3 Å². The van der Waals surface area contributed by atoms with Crippen molar-refractivity contribution in [3.63, 3.8) is 0 Å². The largest absolute Gasteiger partial charge is 0.356 e. The normalized spacial score (nSPS) is 10.6. The Kier molecular flexibility index (Phi) is 2.93. The minimum atomic E-state index is -0.246. The number of fused-ring (bicyclic) bond motifs is 1. The molecule has 0 bridgehead atoms. The predicted molar refractivity (Wildman–Crippen MR) is 75.5 cm³/mol. The van der Waals surface area contributed by atoms with Gasteiger partial charge in [0, 0.05) is 11.6 Å². The number of carbonyl (C=O) groups is 1. The number of H-pyrrole nitrogens is 1. The first-order valence-corrected chi connectivity index (χ1v) is 6.10. The van der Waals surface area contributed by atoms with Crippen LogP contribution in [0.4, 0.5) is 5.69 Å². The highest BCUT2D eigenvalue weighted by Crippen LogP contribution is 2.17. The van der Waals surface area contributed by atoms with Crippen molar-refractivity contribution < 1.29 is 4.79 Å². The van der Waals surface area contributed by atoms with E-state index in [1.165, 1.54) is 0 Å². The van der Waals surface area contributed by atoms with Gasteiger partial charge in [0.05, 0.1) is 22.4 Å². The summed E-state index contributed by atoms with van der Waals surface area (Å²) in [4.78, 5) is 19.0. The van der Waals surface area contributed by atoms with Crippen LogP contribution >= 0.6 is 11.6 Å². The Labute approximate surface area is 114 Å². The average molecular weight is 272 g/mol. The Balaban J connectivity index is 1.87. The van der Waals surface area contributed by atoms with Gasteiger partial charge >= 0.3 is 0 Å². The highest BCUT2D eigenvalue weighted by atomic mass is 35.5. The number of amides is 1. The van der Waals surface area contributed by atoms with Gasteiger partial charge in [-0.3, -0.25) is 9.78 Å². The smallest absolute Gasteiger partial charge is 0.272 e. The number of benzene rings is 1. The molecular weight excluding hydrogens is 262 g/mol. The lowest BCUT2D eigenvalue weighted by molar-refractivity contribution is 0.102. The first-order chi connectivity index (χ1) is 9.22. The van der Waals surface area contributed by atoms with Gasteiger partial charge in [0.25, 0.3) is 5.91 Å². The number of anilines is 1. The Morgan fingerprint density at radius 3 is 2.89 bits per heavy atom. The van der Waals surface area contributed by atoms with Crippen LogP contribution in [0.1, 0.15) is 10.5 Å². The van der Waals surface area contributed by atoms with Crippen molar-refractivity contribution in [3.8, 4) is 0 Å². The monoisotopic (exact) mass is 271 g/mol. The molecule has 0 spiro atoms. The van der Waals surface area contributed by atoms with Gasteiger partial charge < -0.3 is 10.3 Å². The number of aromatic nitrogens is 2. The van der Waals surface area contributed by atoms with E-state index in [-0.39, 0.29) is 5.91 Å². The van der Waals surface area contributed by atoms with E-state index in [0.29, 0.717) is 16.4 Å². The van der Waals surface area contributed by atoms with Crippen LogP contribution in [0.15, 0.2) is 48.8 Å². The van der Waals surface area contributed by atoms with Crippen molar-refractivity contribution in [2.75, 3.05) is 5.32 Å². The highest BCUT2D eigenvalue weighted by Gasteiger charge is 2.08. The van der Waals surface area contributed by atoms with E-state index in [1.54, 1.807) is 18.5 Å². The summed E-state index contributed by atoms with van der Waals surface area (Å²) in [7, 11) is 0. The molecule has 5 heteroatoms. The quantitative estimate of drug-likeness (QED) is 0.750. The molecule has 2 aromatic heterocycles. The maximum Gasteiger partial charge on any atom is 0.272 e. The zero-order valence-corrected chi connectivity index (χ0v) is 10.6. The summed E-state index contributed by atoms with van der Waals surface area (Å²) in [6.07, 6.45) is 3.19. The minimum absolute atomic E-state index is 0.246. The third kappa shape index (κ3) is 2.44. The lowest BCUT2D eigenvalue weighted by atomic mass is 10.2. The number of pyridine rings is 1. The van der Waals surface area contributed by atoms with E-state index in [4.69, 9.17) is 11.6 Å². The van der Waals surface area contributed by atoms with Gasteiger partial charge in [0.1, 0.15) is 5.69 Å². The van der Waals surface area contributed by atoms with Crippen LogP contribution < -0.4 is 5.32 Å². The molecule has 1 amide bonds. The number of halogens is 1. The van der Waals surface area contributed by atoms with Crippen molar-refractivity contribution in [3.05, 3.63) is 59.5 Å². The molecule has 0 saturated heterocycles. The van der Waals surface area contributed by atoms with Gasteiger partial charge in [-0.2, -0.15) is 0 Å². The molecule has 0 radical (unpaired) electrons. The first-order valence-electron chi connectivity index (χ1n) is 5.72. The van der Waals surface area contributed by atoms with Crippen LogP contribution in [0.25, 0.3) is 10.9 Å². The summed E-state index contributed by atoms with van der Waals surface area (Å²) in [5, 5.41) is 4.25. The maximum atomic E-state index is 11.9. The molecule has 0 aliphatic heterocycles. The van der Waals surface area contributed by atoms with Crippen molar-refractivity contribution in [2.24, 2.45) is 0 Å². The number of hydrogen-bond donors (Lipinski definition) is 2. The van der Waals surface area contributed by atoms with Crippen molar-refractivity contribution in [2.45, 2.75) is 0 Å². The Morgan fingerprint density at radius 1 is 1.26 bits per heavy atom. The van der Waals surface area contributed by atoms with Gasteiger partial charge in [-0.15, -0.1) is 0 Å². The molecule has 0 aliphatic carbocycles. The summed E-state index contributed by atoms with van der Waals surface area (Å²) in [6.45, 7) is 0. The van der Waals surface area contributed by atoms with E-state index in [0.717, 1.165) is 10.9 Å². The highest BCUT2D eigenvalue weighted by molar-refractivity contribution is 6.31. The zero-order chi connectivity index (χ0) is 13.2. The summed E-state index contributed by atoms with van der Waals surface area (Å²) in [5.74, 6) is -0.246. The molecule has 0 atom stereocenters. The summed E-state index contributed by atoms with van der Waals surface area (Å²) >= 11 is 5.76. The summed E-state index contributed by atoms with van der Waals surface area (Å²) in [6, 6.07) is 11.2. The molecule has 2 heterocycles. The SMILES string of the molecule is O=C(Nc1cnc2ccccc2c1)c1cc(Cl)c[nH]1. The van der Waals surface area contributed by atoms with Gasteiger partial charge in [0.15, 0.2) is 0 Å². The number of para-hydroxylation sites is 1. The molecule has 0 aliphatic rings. The third-order valence-corrected chi connectivity index (χ3v) is 2.96. The second kappa shape index (κ2) is 4.74. The standard InChI is InChI=1S/C14H10ClN3O/c15-10-6-13(16-7-10)14(19)18-11-5-9-3-1-2-4-12(9)17-8-11/h1-8,16H,(H,18,19). The van der Waals surface area contributed by atoms with E-state index < -0.39 is 0 Å². The summed E-state index contributed by atoms with van der Waals surface area (Å²) in [5.41, 5.74) is 1.95. The molecule has 94 valence electrons. The zero-order valence-electron chi connectivity index (χ0n) is 9.85. The molecule has 0 saturated carbocycles. The fourth-order valence-electron chi connectivity index (χ4n) is 1.84. The lowest BCUT2D eigenvalue weighted by Gasteiger charge is -2.04. The number of aromatic amines is 1.